The number of amides is 1. The summed E-state index contributed by atoms with van der Waals surface area (Å²) in [5, 5.41) is 4.16. The van der Waals surface area contributed by atoms with Gasteiger partial charge in [0.2, 0.25) is 0 Å². The minimum absolute atomic E-state index is 0.129. The third kappa shape index (κ3) is 6.53. The van der Waals surface area contributed by atoms with Crippen LogP contribution in [0.25, 0.3) is 0 Å². The van der Waals surface area contributed by atoms with E-state index in [0.29, 0.717) is 0 Å². The van der Waals surface area contributed by atoms with E-state index in [1.54, 1.807) is 0 Å². The highest BCUT2D eigenvalue weighted by Gasteiger charge is 2.48. The topological polar surface area (TPSA) is 41.6 Å². The van der Waals surface area contributed by atoms with Crippen molar-refractivity contribution in [2.75, 3.05) is 19.7 Å². The predicted molar refractivity (Wildman–Crippen MR) is 136 cm³/mol. The van der Waals surface area contributed by atoms with Gasteiger partial charge in [-0.2, -0.15) is 0 Å². The fraction of sp³-hybridized carbons (Fsp3) is 0.759. The van der Waals surface area contributed by atoms with Crippen LogP contribution in [0, 0.1) is 0 Å². The summed E-state index contributed by atoms with van der Waals surface area (Å²) in [5.74, 6) is 1.08. The van der Waals surface area contributed by atoms with Crippen molar-refractivity contribution in [3.05, 3.63) is 29.8 Å². The van der Waals surface area contributed by atoms with Crippen LogP contribution in [0.5, 0.6) is 5.75 Å². The van der Waals surface area contributed by atoms with Gasteiger partial charge in [0.05, 0.1) is 6.61 Å². The Morgan fingerprint density at radius 3 is 1.94 bits per heavy atom. The van der Waals surface area contributed by atoms with Crippen LogP contribution in [0.4, 0.5) is 0 Å². The number of benzene rings is 1. The van der Waals surface area contributed by atoms with Crippen molar-refractivity contribution in [3.8, 4) is 5.75 Å². The third-order valence-corrected chi connectivity index (χ3v) is 8.29. The van der Waals surface area contributed by atoms with E-state index in [2.05, 4.69) is 17.1 Å². The van der Waals surface area contributed by atoms with Gasteiger partial charge in [0.15, 0.2) is 0 Å². The Balaban J connectivity index is 1.35. The number of unbranched alkanes of at least 4 members (excludes halogenated alkanes) is 5. The first-order chi connectivity index (χ1) is 16.1. The van der Waals surface area contributed by atoms with Gasteiger partial charge in [0, 0.05) is 29.7 Å². The maximum atomic E-state index is 13.6. The van der Waals surface area contributed by atoms with Gasteiger partial charge in [0.25, 0.3) is 5.91 Å². The molecule has 3 aliphatic rings. The van der Waals surface area contributed by atoms with E-state index in [1.807, 2.05) is 24.3 Å². The monoisotopic (exact) mass is 454 g/mol. The second kappa shape index (κ2) is 11.7. The molecule has 1 amide bonds. The first-order valence-corrected chi connectivity index (χ1v) is 14.0. The van der Waals surface area contributed by atoms with Crippen LogP contribution in [0.15, 0.2) is 24.3 Å². The van der Waals surface area contributed by atoms with Gasteiger partial charge < -0.3 is 15.0 Å². The number of nitrogens with one attached hydrogen (secondary N) is 1. The van der Waals surface area contributed by atoms with Gasteiger partial charge in [0.1, 0.15) is 5.75 Å². The van der Waals surface area contributed by atoms with E-state index in [-0.39, 0.29) is 17.0 Å². The summed E-state index contributed by atoms with van der Waals surface area (Å²) in [7, 11) is 0. The lowest BCUT2D eigenvalue weighted by atomic mass is 9.72. The Morgan fingerprint density at radius 2 is 1.36 bits per heavy atom. The van der Waals surface area contributed by atoms with Crippen LogP contribution in [0.2, 0.25) is 0 Å². The van der Waals surface area contributed by atoms with Crippen LogP contribution >= 0.6 is 0 Å². The zero-order valence-corrected chi connectivity index (χ0v) is 21.0. The molecule has 4 rings (SSSR count). The van der Waals surface area contributed by atoms with E-state index < -0.39 is 0 Å². The maximum Gasteiger partial charge on any atom is 0.253 e. The molecule has 0 unspecified atom stereocenters. The molecule has 2 spiro atoms. The molecule has 1 N–H and O–H groups in total. The summed E-state index contributed by atoms with van der Waals surface area (Å²) in [5.41, 5.74) is 1.06. The Bertz CT molecular complexity index is 706. The molecule has 0 radical (unpaired) electrons. The zero-order valence-electron chi connectivity index (χ0n) is 21.0. The number of carbonyl (C=O) groups excluding carboxylic acids is 1. The Morgan fingerprint density at radius 1 is 0.818 bits per heavy atom. The maximum absolute atomic E-state index is 13.6. The third-order valence-electron chi connectivity index (χ3n) is 8.29. The van der Waals surface area contributed by atoms with Crippen LogP contribution in [-0.4, -0.2) is 41.6 Å². The fourth-order valence-electron chi connectivity index (χ4n) is 6.54. The standard InChI is InChI=1S/C29H46N2O2/c1-2-3-4-5-6-13-22-33-26-16-14-25(15-17-26)27(32)31-23-28(18-9-7-10-19-28)30-29(24-31)20-11-8-12-21-29/h14-17,30H,2-13,18-24H2,1H3. The minimum atomic E-state index is 0.129. The van der Waals surface area contributed by atoms with E-state index in [4.69, 9.17) is 4.74 Å². The number of hydrogen-bond acceptors (Lipinski definition) is 3. The van der Waals surface area contributed by atoms with E-state index in [1.165, 1.54) is 96.3 Å². The van der Waals surface area contributed by atoms with Crippen molar-refractivity contribution < 1.29 is 9.53 Å². The summed E-state index contributed by atoms with van der Waals surface area (Å²) >= 11 is 0. The molecule has 1 saturated heterocycles. The molecule has 184 valence electrons. The summed E-state index contributed by atoms with van der Waals surface area (Å²) < 4.78 is 5.94. The quantitative estimate of drug-likeness (QED) is 0.414. The number of rotatable bonds is 9. The highest BCUT2D eigenvalue weighted by atomic mass is 16.5. The molecule has 3 fully saturated rings. The van der Waals surface area contributed by atoms with Crippen molar-refractivity contribution in [2.24, 2.45) is 0 Å². The SMILES string of the molecule is CCCCCCCCOc1ccc(C(=O)N2CC3(CCCCC3)NC3(CCCCC3)C2)cc1. The van der Waals surface area contributed by atoms with Gasteiger partial charge in [-0.15, -0.1) is 0 Å². The number of ether oxygens (including phenoxy) is 1. The second-order valence-electron chi connectivity index (χ2n) is 11.1. The highest BCUT2D eigenvalue weighted by Crippen LogP contribution is 2.40. The Hall–Kier alpha value is -1.55. The first-order valence-electron chi connectivity index (χ1n) is 14.0. The molecule has 4 nitrogen and oxygen atoms in total. The van der Waals surface area contributed by atoms with Crippen molar-refractivity contribution in [2.45, 2.75) is 121 Å². The number of piperazine rings is 1. The molecule has 0 bridgehead atoms. The molecular weight excluding hydrogens is 408 g/mol. The molecule has 1 aromatic carbocycles. The Labute approximate surface area is 201 Å². The largest absolute Gasteiger partial charge is 0.494 e. The van der Waals surface area contributed by atoms with Gasteiger partial charge >= 0.3 is 0 Å². The molecule has 2 aliphatic carbocycles. The number of carbonyl (C=O) groups is 1. The number of hydrogen-bond donors (Lipinski definition) is 1. The first kappa shape index (κ1) is 24.6. The Kier molecular flexibility index (Phi) is 8.73. The highest BCUT2D eigenvalue weighted by molar-refractivity contribution is 5.94. The summed E-state index contributed by atoms with van der Waals surface area (Å²) in [6.45, 7) is 4.75. The molecule has 1 heterocycles. The summed E-state index contributed by atoms with van der Waals surface area (Å²) in [4.78, 5) is 15.8. The normalized spacial score (nSPS) is 21.9. The fourth-order valence-corrected chi connectivity index (χ4v) is 6.54. The number of nitrogens with zero attached hydrogens (tertiary/aromatic N) is 1. The summed E-state index contributed by atoms with van der Waals surface area (Å²) in [6, 6.07) is 7.92. The lowest BCUT2D eigenvalue weighted by Crippen LogP contribution is -2.72. The van der Waals surface area contributed by atoms with Crippen LogP contribution in [0.3, 0.4) is 0 Å². The molecular formula is C29H46N2O2. The average molecular weight is 455 g/mol. The van der Waals surface area contributed by atoms with Crippen LogP contribution < -0.4 is 10.1 Å². The lowest BCUT2D eigenvalue weighted by molar-refractivity contribution is 0.00702. The molecule has 1 aliphatic heterocycles. The molecule has 0 atom stereocenters. The zero-order chi connectivity index (χ0) is 23.0. The van der Waals surface area contributed by atoms with Gasteiger partial charge in [-0.25, -0.2) is 0 Å². The molecule has 2 saturated carbocycles. The van der Waals surface area contributed by atoms with Gasteiger partial charge in [-0.1, -0.05) is 77.6 Å². The molecule has 1 aromatic rings. The van der Waals surface area contributed by atoms with Crippen molar-refractivity contribution in [1.29, 1.82) is 0 Å². The lowest BCUT2D eigenvalue weighted by Gasteiger charge is -2.56. The van der Waals surface area contributed by atoms with Crippen LogP contribution in [-0.2, 0) is 0 Å². The van der Waals surface area contributed by atoms with Crippen LogP contribution in [0.1, 0.15) is 120 Å². The molecule has 33 heavy (non-hydrogen) atoms. The van der Waals surface area contributed by atoms with E-state index >= 15 is 0 Å². The average Bonchev–Trinajstić information content (AvgIpc) is 2.84. The van der Waals surface area contributed by atoms with Crippen molar-refractivity contribution in [1.82, 2.24) is 10.2 Å². The molecule has 0 aromatic heterocycles. The minimum Gasteiger partial charge on any atom is -0.494 e. The van der Waals surface area contributed by atoms with E-state index in [0.717, 1.165) is 37.4 Å². The van der Waals surface area contributed by atoms with Crippen molar-refractivity contribution in [3.63, 3.8) is 0 Å². The summed E-state index contributed by atoms with van der Waals surface area (Å²) in [6.07, 6.45) is 20.3. The second-order valence-corrected chi connectivity index (χ2v) is 11.1. The smallest absolute Gasteiger partial charge is 0.253 e. The van der Waals surface area contributed by atoms with E-state index in [9.17, 15) is 4.79 Å². The predicted octanol–water partition coefficient (Wildman–Crippen LogP) is 6.88. The van der Waals surface area contributed by atoms with Gasteiger partial charge in [-0.3, -0.25) is 4.79 Å². The van der Waals surface area contributed by atoms with Gasteiger partial charge in [-0.05, 0) is 56.4 Å². The molecule has 4 heteroatoms. The van der Waals surface area contributed by atoms with Crippen molar-refractivity contribution >= 4 is 5.91 Å².